The van der Waals surface area contributed by atoms with Crippen LogP contribution in [-0.4, -0.2) is 17.6 Å². The Balaban J connectivity index is 1.86. The predicted molar refractivity (Wildman–Crippen MR) is 106 cm³/mol. The molecule has 132 valence electrons. The number of benzene rings is 2. The van der Waals surface area contributed by atoms with E-state index in [4.69, 9.17) is 4.74 Å². The van der Waals surface area contributed by atoms with Gasteiger partial charge in [-0.15, -0.1) is 0 Å². The molecule has 0 spiro atoms. The number of methoxy groups -OCH3 is 1. The fourth-order valence-corrected chi connectivity index (χ4v) is 3.94. The van der Waals surface area contributed by atoms with E-state index in [-0.39, 0.29) is 11.9 Å². The number of ether oxygens (including phenoxy) is 1. The van der Waals surface area contributed by atoms with Crippen LogP contribution in [0.25, 0.3) is 5.69 Å². The molecule has 1 aliphatic rings. The van der Waals surface area contributed by atoms with E-state index in [1.807, 2.05) is 53.4 Å². The van der Waals surface area contributed by atoms with Crippen LogP contribution < -0.4 is 9.64 Å². The lowest BCUT2D eigenvalue weighted by molar-refractivity contribution is 0.0973. The number of aromatic nitrogens is 1. The molecule has 4 nitrogen and oxygen atoms in total. The highest BCUT2D eigenvalue weighted by molar-refractivity contribution is 9.10. The molecule has 0 radical (unpaired) electrons. The van der Waals surface area contributed by atoms with E-state index in [1.54, 1.807) is 7.11 Å². The van der Waals surface area contributed by atoms with E-state index in [1.165, 1.54) is 0 Å². The number of fused-ring (bicyclic) bond motifs is 3. The number of nitrogens with zero attached hydrogens (tertiary/aromatic N) is 2. The van der Waals surface area contributed by atoms with Crippen molar-refractivity contribution in [2.24, 2.45) is 0 Å². The van der Waals surface area contributed by atoms with Gasteiger partial charge < -0.3 is 9.30 Å². The minimum absolute atomic E-state index is 0.00805. The van der Waals surface area contributed by atoms with Crippen LogP contribution in [0.3, 0.4) is 0 Å². The van der Waals surface area contributed by atoms with Gasteiger partial charge in [-0.2, -0.15) is 0 Å². The highest BCUT2D eigenvalue weighted by Crippen LogP contribution is 2.42. The lowest BCUT2D eigenvalue weighted by atomic mass is 10.0. The van der Waals surface area contributed by atoms with Crippen LogP contribution in [0.2, 0.25) is 0 Å². The van der Waals surface area contributed by atoms with Crippen LogP contribution in [0.1, 0.15) is 35.4 Å². The standard InChI is InChI=1S/C21H19BrN2O2/c1-3-17-18-5-4-12-23(18)19-11-8-15(22)13-20(19)24(17)21(25)14-6-9-16(26-2)10-7-14/h4-13,17H,3H2,1-2H3. The highest BCUT2D eigenvalue weighted by atomic mass is 79.9. The summed E-state index contributed by atoms with van der Waals surface area (Å²) in [5.74, 6) is 0.732. The zero-order valence-electron chi connectivity index (χ0n) is 14.6. The van der Waals surface area contributed by atoms with Gasteiger partial charge in [-0.25, -0.2) is 0 Å². The summed E-state index contributed by atoms with van der Waals surface area (Å²) in [7, 11) is 1.62. The van der Waals surface area contributed by atoms with Crippen molar-refractivity contribution >= 4 is 27.5 Å². The first-order chi connectivity index (χ1) is 12.6. The number of anilines is 1. The molecule has 0 N–H and O–H groups in total. The lowest BCUT2D eigenvalue weighted by Crippen LogP contribution is -2.39. The van der Waals surface area contributed by atoms with Crippen molar-refractivity contribution in [3.63, 3.8) is 0 Å². The summed E-state index contributed by atoms with van der Waals surface area (Å²) in [6, 6.07) is 17.5. The Bertz CT molecular complexity index is 962. The first-order valence-corrected chi connectivity index (χ1v) is 9.38. The summed E-state index contributed by atoms with van der Waals surface area (Å²) >= 11 is 3.55. The quantitative estimate of drug-likeness (QED) is 0.582. The van der Waals surface area contributed by atoms with Gasteiger partial charge >= 0.3 is 0 Å². The summed E-state index contributed by atoms with van der Waals surface area (Å²) < 4.78 is 8.34. The average molecular weight is 411 g/mol. The van der Waals surface area contributed by atoms with Gasteiger partial charge in [0.2, 0.25) is 0 Å². The molecule has 2 heterocycles. The third-order valence-corrected chi connectivity index (χ3v) is 5.33. The molecule has 3 aromatic rings. The molecular weight excluding hydrogens is 392 g/mol. The largest absolute Gasteiger partial charge is 0.497 e. The van der Waals surface area contributed by atoms with E-state index >= 15 is 0 Å². The van der Waals surface area contributed by atoms with Crippen LogP contribution >= 0.6 is 15.9 Å². The van der Waals surface area contributed by atoms with Crippen molar-refractivity contribution in [3.05, 3.63) is 76.5 Å². The van der Waals surface area contributed by atoms with Crippen molar-refractivity contribution in [3.8, 4) is 11.4 Å². The molecule has 1 aliphatic heterocycles. The molecule has 0 saturated carbocycles. The Kier molecular flexibility index (Phi) is 4.32. The number of halogens is 1. The maximum atomic E-state index is 13.4. The maximum Gasteiger partial charge on any atom is 0.258 e. The van der Waals surface area contributed by atoms with E-state index in [0.717, 1.165) is 33.7 Å². The minimum Gasteiger partial charge on any atom is -0.497 e. The average Bonchev–Trinajstić information content (AvgIpc) is 3.16. The number of hydrogen-bond acceptors (Lipinski definition) is 2. The van der Waals surface area contributed by atoms with Gasteiger partial charge in [-0.3, -0.25) is 9.69 Å². The third kappa shape index (κ3) is 2.63. The van der Waals surface area contributed by atoms with Gasteiger partial charge in [0.05, 0.1) is 24.5 Å². The summed E-state index contributed by atoms with van der Waals surface area (Å²) in [5, 5.41) is 0. The molecular formula is C21H19BrN2O2. The smallest absolute Gasteiger partial charge is 0.258 e. The Morgan fingerprint density at radius 2 is 1.88 bits per heavy atom. The van der Waals surface area contributed by atoms with Gasteiger partial charge in [0.15, 0.2) is 0 Å². The lowest BCUT2D eigenvalue weighted by Gasteiger charge is -2.38. The second kappa shape index (κ2) is 6.65. The Morgan fingerprint density at radius 1 is 1.12 bits per heavy atom. The predicted octanol–water partition coefficient (Wildman–Crippen LogP) is 5.36. The molecule has 0 saturated heterocycles. The number of carbonyl (C=O) groups excluding carboxylic acids is 1. The SMILES string of the molecule is CCC1c2cccn2-c2ccc(Br)cc2N1C(=O)c1ccc(OC)cc1. The van der Waals surface area contributed by atoms with Crippen molar-refractivity contribution < 1.29 is 9.53 Å². The maximum absolute atomic E-state index is 13.4. The number of carbonyl (C=O) groups is 1. The molecule has 4 rings (SSSR count). The molecule has 5 heteroatoms. The number of hydrogen-bond donors (Lipinski definition) is 0. The second-order valence-corrected chi connectivity index (χ2v) is 7.18. The van der Waals surface area contributed by atoms with Gasteiger partial charge in [-0.1, -0.05) is 22.9 Å². The molecule has 0 aliphatic carbocycles. The minimum atomic E-state index is -0.0126. The summed E-state index contributed by atoms with van der Waals surface area (Å²) in [6.45, 7) is 2.11. The molecule has 1 amide bonds. The van der Waals surface area contributed by atoms with Crippen LogP contribution in [-0.2, 0) is 0 Å². The van der Waals surface area contributed by atoms with Crippen LogP contribution in [0.5, 0.6) is 5.75 Å². The van der Waals surface area contributed by atoms with Crippen molar-refractivity contribution in [1.29, 1.82) is 0 Å². The third-order valence-electron chi connectivity index (χ3n) is 4.83. The molecule has 0 fully saturated rings. The Hall–Kier alpha value is -2.53. The number of rotatable bonds is 3. The normalized spacial score (nSPS) is 15.3. The van der Waals surface area contributed by atoms with Crippen molar-refractivity contribution in [2.45, 2.75) is 19.4 Å². The fourth-order valence-electron chi connectivity index (χ4n) is 3.59. The summed E-state index contributed by atoms with van der Waals surface area (Å²) in [6.07, 6.45) is 2.89. The fraction of sp³-hybridized carbons (Fsp3) is 0.190. The van der Waals surface area contributed by atoms with E-state index in [2.05, 4.69) is 39.7 Å². The number of amides is 1. The first kappa shape index (κ1) is 16.9. The molecule has 0 bridgehead atoms. The van der Waals surface area contributed by atoms with E-state index in [0.29, 0.717) is 5.56 Å². The molecule has 1 atom stereocenters. The second-order valence-electron chi connectivity index (χ2n) is 6.26. The Labute approximate surface area is 161 Å². The zero-order valence-corrected chi connectivity index (χ0v) is 16.2. The van der Waals surface area contributed by atoms with Crippen LogP contribution in [0.15, 0.2) is 65.3 Å². The van der Waals surface area contributed by atoms with Gasteiger partial charge in [-0.05, 0) is 61.0 Å². The van der Waals surface area contributed by atoms with Crippen LogP contribution in [0, 0.1) is 0 Å². The van der Waals surface area contributed by atoms with Crippen molar-refractivity contribution in [1.82, 2.24) is 4.57 Å². The Morgan fingerprint density at radius 3 is 2.58 bits per heavy atom. The summed E-state index contributed by atoms with van der Waals surface area (Å²) in [5.41, 5.74) is 3.70. The topological polar surface area (TPSA) is 34.5 Å². The molecule has 1 aromatic heterocycles. The van der Waals surface area contributed by atoms with E-state index < -0.39 is 0 Å². The highest BCUT2D eigenvalue weighted by Gasteiger charge is 2.34. The van der Waals surface area contributed by atoms with Gasteiger partial charge in [0.25, 0.3) is 5.91 Å². The monoisotopic (exact) mass is 410 g/mol. The van der Waals surface area contributed by atoms with E-state index in [9.17, 15) is 4.79 Å². The summed E-state index contributed by atoms with van der Waals surface area (Å²) in [4.78, 5) is 15.3. The molecule has 26 heavy (non-hydrogen) atoms. The van der Waals surface area contributed by atoms with Gasteiger partial charge in [0.1, 0.15) is 5.75 Å². The molecule has 2 aromatic carbocycles. The zero-order chi connectivity index (χ0) is 18.3. The van der Waals surface area contributed by atoms with Crippen molar-refractivity contribution in [2.75, 3.05) is 12.0 Å². The van der Waals surface area contributed by atoms with Gasteiger partial charge in [0, 0.05) is 21.9 Å². The van der Waals surface area contributed by atoms with Crippen LogP contribution in [0.4, 0.5) is 5.69 Å². The first-order valence-electron chi connectivity index (χ1n) is 8.59. The molecule has 1 unspecified atom stereocenters.